The first-order chi connectivity index (χ1) is 15.5. The molecule has 0 aliphatic heterocycles. The summed E-state index contributed by atoms with van der Waals surface area (Å²) in [5.74, 6) is -0.355. The predicted molar refractivity (Wildman–Crippen MR) is 122 cm³/mol. The van der Waals surface area contributed by atoms with Gasteiger partial charge in [-0.05, 0) is 55.7 Å². The van der Waals surface area contributed by atoms with Crippen LogP contribution in [-0.2, 0) is 0 Å². The lowest BCUT2D eigenvalue weighted by molar-refractivity contribution is 0.0949. The maximum absolute atomic E-state index is 13.0. The number of nitrogens with zero attached hydrogens (tertiary/aromatic N) is 3. The van der Waals surface area contributed by atoms with Crippen LogP contribution in [0.15, 0.2) is 71.9 Å². The Morgan fingerprint density at radius 2 is 1.97 bits per heavy atom. The normalized spacial score (nSPS) is 14.3. The molecule has 1 atom stereocenters. The molecule has 3 heterocycles. The first-order valence-electron chi connectivity index (χ1n) is 10.6. The van der Waals surface area contributed by atoms with Crippen LogP contribution in [0.5, 0.6) is 0 Å². The average Bonchev–Trinajstić information content (AvgIpc) is 3.63. The van der Waals surface area contributed by atoms with E-state index in [-0.39, 0.29) is 22.9 Å². The van der Waals surface area contributed by atoms with Crippen LogP contribution in [0.1, 0.15) is 41.9 Å². The van der Waals surface area contributed by atoms with Crippen LogP contribution in [0.2, 0.25) is 0 Å². The van der Waals surface area contributed by atoms with E-state index < -0.39 is 6.10 Å². The molecule has 1 aromatic carbocycles. The van der Waals surface area contributed by atoms with Crippen molar-refractivity contribution in [2.45, 2.75) is 31.9 Å². The Kier molecular flexibility index (Phi) is 5.03. The fraction of sp³-hybridized carbons (Fsp3) is 0.200. The average molecular weight is 426 g/mol. The molecule has 0 spiro atoms. The molecule has 7 nitrogen and oxygen atoms in total. The van der Waals surface area contributed by atoms with Gasteiger partial charge in [0.05, 0.1) is 17.2 Å². The van der Waals surface area contributed by atoms with Gasteiger partial charge in [-0.1, -0.05) is 18.2 Å². The molecule has 1 amide bonds. The molecule has 160 valence electrons. The number of nitrogens with one attached hydrogen (secondary N) is 1. The van der Waals surface area contributed by atoms with Crippen LogP contribution >= 0.6 is 0 Å². The van der Waals surface area contributed by atoms with Crippen molar-refractivity contribution in [1.29, 1.82) is 0 Å². The third kappa shape index (κ3) is 3.78. The van der Waals surface area contributed by atoms with Crippen molar-refractivity contribution in [2.75, 3.05) is 0 Å². The quantitative estimate of drug-likeness (QED) is 0.510. The molecule has 4 aromatic rings. The summed E-state index contributed by atoms with van der Waals surface area (Å²) in [6, 6.07) is 15.0. The van der Waals surface area contributed by atoms with Gasteiger partial charge in [0.2, 0.25) is 5.43 Å². The number of hydrogen-bond donors (Lipinski definition) is 2. The standard InChI is InChI=1S/C25H22N4O3/c1-15(30)22-10-7-17(13-27-22)16-4-2-5-19(12-16)29-14-21(25(32)28-18-8-9-18)23(31)20-6-3-11-26-24(20)29/h2-7,10-15,18,30H,8-9H2,1H3,(H,28,32). The molecule has 0 radical (unpaired) electrons. The minimum atomic E-state index is -0.630. The van der Waals surface area contributed by atoms with Crippen LogP contribution in [0.3, 0.4) is 0 Å². The van der Waals surface area contributed by atoms with Crippen molar-refractivity contribution in [3.05, 3.63) is 88.6 Å². The van der Waals surface area contributed by atoms with Crippen molar-refractivity contribution < 1.29 is 9.90 Å². The Hall–Kier alpha value is -3.84. The van der Waals surface area contributed by atoms with E-state index in [1.807, 2.05) is 30.3 Å². The van der Waals surface area contributed by atoms with Crippen LogP contribution in [0.4, 0.5) is 0 Å². The lowest BCUT2D eigenvalue weighted by Crippen LogP contribution is -2.31. The summed E-state index contributed by atoms with van der Waals surface area (Å²) in [5.41, 5.74) is 3.45. The van der Waals surface area contributed by atoms with Crippen LogP contribution in [-0.4, -0.2) is 31.6 Å². The molecule has 7 heteroatoms. The predicted octanol–water partition coefficient (Wildman–Crippen LogP) is 3.39. The lowest BCUT2D eigenvalue weighted by atomic mass is 10.1. The van der Waals surface area contributed by atoms with Gasteiger partial charge in [-0.15, -0.1) is 0 Å². The molecule has 0 saturated heterocycles. The number of benzene rings is 1. The van der Waals surface area contributed by atoms with Gasteiger partial charge in [0.25, 0.3) is 5.91 Å². The van der Waals surface area contributed by atoms with Crippen LogP contribution in [0.25, 0.3) is 27.8 Å². The van der Waals surface area contributed by atoms with Gasteiger partial charge in [0, 0.05) is 35.9 Å². The topological polar surface area (TPSA) is 97.1 Å². The molecule has 1 fully saturated rings. The third-order valence-electron chi connectivity index (χ3n) is 5.59. The Labute approximate surface area is 184 Å². The van der Waals surface area contributed by atoms with Gasteiger partial charge in [0.15, 0.2) is 0 Å². The molecule has 5 rings (SSSR count). The lowest BCUT2D eigenvalue weighted by Gasteiger charge is -2.14. The molecule has 2 N–H and O–H groups in total. The minimum Gasteiger partial charge on any atom is -0.387 e. The second kappa shape index (κ2) is 8.01. The Balaban J connectivity index is 1.62. The molecular formula is C25H22N4O3. The first-order valence-corrected chi connectivity index (χ1v) is 10.6. The fourth-order valence-electron chi connectivity index (χ4n) is 3.67. The molecule has 3 aromatic heterocycles. The second-order valence-corrected chi connectivity index (χ2v) is 8.06. The minimum absolute atomic E-state index is 0.103. The summed E-state index contributed by atoms with van der Waals surface area (Å²) < 4.78 is 1.78. The van der Waals surface area contributed by atoms with Crippen molar-refractivity contribution in [2.24, 2.45) is 0 Å². The molecular weight excluding hydrogens is 404 g/mol. The number of amides is 1. The number of pyridine rings is 3. The Morgan fingerprint density at radius 3 is 2.69 bits per heavy atom. The van der Waals surface area contributed by atoms with Crippen molar-refractivity contribution in [3.8, 4) is 16.8 Å². The molecule has 0 bridgehead atoms. The smallest absolute Gasteiger partial charge is 0.257 e. The van der Waals surface area contributed by atoms with Gasteiger partial charge in [-0.25, -0.2) is 4.98 Å². The van der Waals surface area contributed by atoms with E-state index in [9.17, 15) is 14.7 Å². The Morgan fingerprint density at radius 1 is 1.12 bits per heavy atom. The molecule has 1 aliphatic carbocycles. The third-order valence-corrected chi connectivity index (χ3v) is 5.59. The number of aliphatic hydroxyl groups is 1. The SMILES string of the molecule is CC(O)c1ccc(-c2cccc(-n3cc(C(=O)NC4CC4)c(=O)c4cccnc43)c2)cn1. The highest BCUT2D eigenvalue weighted by atomic mass is 16.3. The zero-order valence-corrected chi connectivity index (χ0v) is 17.5. The van der Waals surface area contributed by atoms with E-state index >= 15 is 0 Å². The van der Waals surface area contributed by atoms with Gasteiger partial charge >= 0.3 is 0 Å². The van der Waals surface area contributed by atoms with Gasteiger partial charge < -0.3 is 15.0 Å². The number of carbonyl (C=O) groups excluding carboxylic acids is 1. The summed E-state index contributed by atoms with van der Waals surface area (Å²) >= 11 is 0. The van der Waals surface area contributed by atoms with Crippen molar-refractivity contribution in [1.82, 2.24) is 19.9 Å². The molecule has 32 heavy (non-hydrogen) atoms. The van der Waals surface area contributed by atoms with E-state index in [0.29, 0.717) is 16.7 Å². The fourth-order valence-corrected chi connectivity index (χ4v) is 3.67. The summed E-state index contributed by atoms with van der Waals surface area (Å²) in [5, 5.41) is 13.0. The summed E-state index contributed by atoms with van der Waals surface area (Å²) in [6.45, 7) is 1.67. The molecule has 1 aliphatic rings. The first kappa shape index (κ1) is 20.1. The zero-order valence-electron chi connectivity index (χ0n) is 17.5. The van der Waals surface area contributed by atoms with E-state index in [1.54, 1.807) is 48.3 Å². The van der Waals surface area contributed by atoms with E-state index in [0.717, 1.165) is 29.7 Å². The highest BCUT2D eigenvalue weighted by Crippen LogP contribution is 2.25. The number of aliphatic hydroxyl groups excluding tert-OH is 1. The number of carbonyl (C=O) groups is 1. The largest absolute Gasteiger partial charge is 0.387 e. The maximum Gasteiger partial charge on any atom is 0.257 e. The Bertz CT molecular complexity index is 1370. The van der Waals surface area contributed by atoms with Crippen LogP contribution in [0, 0.1) is 0 Å². The summed E-state index contributed by atoms with van der Waals surface area (Å²) in [7, 11) is 0. The van der Waals surface area contributed by atoms with E-state index in [1.165, 1.54) is 0 Å². The van der Waals surface area contributed by atoms with Gasteiger partial charge in [-0.2, -0.15) is 0 Å². The van der Waals surface area contributed by atoms with Crippen molar-refractivity contribution >= 4 is 16.9 Å². The van der Waals surface area contributed by atoms with Crippen molar-refractivity contribution in [3.63, 3.8) is 0 Å². The number of hydrogen-bond acceptors (Lipinski definition) is 5. The van der Waals surface area contributed by atoms with E-state index in [4.69, 9.17) is 0 Å². The van der Waals surface area contributed by atoms with Gasteiger partial charge in [0.1, 0.15) is 11.2 Å². The van der Waals surface area contributed by atoms with E-state index in [2.05, 4.69) is 15.3 Å². The maximum atomic E-state index is 13.0. The van der Waals surface area contributed by atoms with Gasteiger partial charge in [-0.3, -0.25) is 14.6 Å². The summed E-state index contributed by atoms with van der Waals surface area (Å²) in [4.78, 5) is 34.5. The monoisotopic (exact) mass is 426 g/mol. The zero-order chi connectivity index (χ0) is 22.2. The highest BCUT2D eigenvalue weighted by molar-refractivity contribution is 5.97. The molecule has 1 unspecified atom stereocenters. The number of rotatable bonds is 5. The second-order valence-electron chi connectivity index (χ2n) is 8.06. The molecule has 1 saturated carbocycles. The number of aromatic nitrogens is 3. The van der Waals surface area contributed by atoms with Crippen LogP contribution < -0.4 is 10.7 Å². The summed E-state index contributed by atoms with van der Waals surface area (Å²) in [6.07, 6.45) is 6.18. The number of fused-ring (bicyclic) bond motifs is 1. The highest BCUT2D eigenvalue weighted by Gasteiger charge is 2.26.